The molecule has 0 aliphatic carbocycles. The zero-order valence-electron chi connectivity index (χ0n) is 20.5. The van der Waals surface area contributed by atoms with Crippen LogP contribution in [0.5, 0.6) is 0 Å². The Morgan fingerprint density at radius 1 is 1.33 bits per heavy atom. The van der Waals surface area contributed by atoms with Crippen molar-refractivity contribution in [1.82, 2.24) is 19.1 Å². The number of aryl methyl sites for hydroxylation is 1. The molecule has 2 aliphatic rings. The van der Waals surface area contributed by atoms with Gasteiger partial charge in [-0.15, -0.1) is 0 Å². The SMILES string of the molecule is Cc1c(C(=O)Nc2ccc(F)c([C@@]3(C)N=C(N)C(C)(C)S4(O)NCCC[C@H]34)n2)nc2cc(Cl)ccn12. The molecule has 2 aliphatic heterocycles. The third kappa shape index (κ3) is 3.60. The van der Waals surface area contributed by atoms with Crippen LogP contribution in [-0.4, -0.2) is 47.2 Å². The number of fused-ring (bicyclic) bond motifs is 2. The number of hydrogen-bond acceptors (Lipinski definition) is 7. The van der Waals surface area contributed by atoms with Crippen LogP contribution in [0.1, 0.15) is 55.5 Å². The van der Waals surface area contributed by atoms with Crippen molar-refractivity contribution in [3.05, 3.63) is 58.4 Å². The van der Waals surface area contributed by atoms with Crippen LogP contribution in [0.15, 0.2) is 35.5 Å². The Balaban J connectivity index is 1.54. The zero-order chi connectivity index (χ0) is 26.0. The van der Waals surface area contributed by atoms with Crippen molar-refractivity contribution in [3.63, 3.8) is 0 Å². The maximum absolute atomic E-state index is 15.3. The van der Waals surface area contributed by atoms with Crippen LogP contribution in [-0.2, 0) is 5.54 Å². The Hall–Kier alpha value is -2.73. The number of carbonyl (C=O) groups is 1. The Labute approximate surface area is 215 Å². The summed E-state index contributed by atoms with van der Waals surface area (Å²) in [6, 6.07) is 6.01. The number of aromatic nitrogens is 3. The molecule has 1 amide bonds. The van der Waals surface area contributed by atoms with Crippen molar-refractivity contribution in [3.8, 4) is 0 Å². The van der Waals surface area contributed by atoms with E-state index in [-0.39, 0.29) is 23.0 Å². The normalized spacial score (nSPS) is 29.2. The summed E-state index contributed by atoms with van der Waals surface area (Å²) in [5.41, 5.74) is 6.52. The van der Waals surface area contributed by atoms with Crippen LogP contribution < -0.4 is 15.8 Å². The number of rotatable bonds is 3. The highest BCUT2D eigenvalue weighted by atomic mass is 35.5. The van der Waals surface area contributed by atoms with Crippen molar-refractivity contribution < 1.29 is 13.7 Å². The van der Waals surface area contributed by atoms with Crippen LogP contribution in [0.3, 0.4) is 0 Å². The second-order valence-electron chi connectivity index (χ2n) is 9.91. The summed E-state index contributed by atoms with van der Waals surface area (Å²) in [6.07, 6.45) is 3.17. The van der Waals surface area contributed by atoms with Crippen molar-refractivity contribution in [2.24, 2.45) is 10.7 Å². The highest BCUT2D eigenvalue weighted by Gasteiger charge is 2.60. The molecule has 192 valence electrons. The van der Waals surface area contributed by atoms with Crippen LogP contribution in [0.25, 0.3) is 5.65 Å². The quantitative estimate of drug-likeness (QED) is 0.395. The topological polar surface area (TPSA) is 130 Å². The first-order valence-electron chi connectivity index (χ1n) is 11.7. The average molecular weight is 534 g/mol. The maximum Gasteiger partial charge on any atom is 0.277 e. The van der Waals surface area contributed by atoms with Gasteiger partial charge in [-0.3, -0.25) is 14.5 Å². The lowest BCUT2D eigenvalue weighted by Crippen LogP contribution is -2.62. The number of nitrogens with zero attached hydrogens (tertiary/aromatic N) is 4. The van der Waals surface area contributed by atoms with E-state index in [1.165, 1.54) is 12.1 Å². The monoisotopic (exact) mass is 533 g/mol. The van der Waals surface area contributed by atoms with Crippen molar-refractivity contribution in [2.45, 2.75) is 56.1 Å². The maximum atomic E-state index is 15.3. The lowest BCUT2D eigenvalue weighted by molar-refractivity contribution is 0.102. The molecule has 5 heterocycles. The molecule has 0 saturated carbocycles. The van der Waals surface area contributed by atoms with E-state index in [9.17, 15) is 9.35 Å². The number of anilines is 1. The van der Waals surface area contributed by atoms with E-state index < -0.39 is 37.8 Å². The van der Waals surface area contributed by atoms with E-state index >= 15 is 4.39 Å². The van der Waals surface area contributed by atoms with Crippen molar-refractivity contribution in [1.29, 1.82) is 0 Å². The third-order valence-corrected chi connectivity index (χ3v) is 11.5. The standard InChI is InChI=1S/C24H29ClFN7O2S/c1-13-19(31-18-12-14(25)9-11-33(13)18)21(34)30-17-8-7-15(26)20(29-17)24(4)16-6-5-10-28-36(16,35)23(2,3)22(27)32-24/h7-9,11-12,16,28,35H,5-6,10H2,1-4H3,(H2,27,32)(H,29,30,34)/t16-,24+/m1/s1. The number of halogens is 2. The molecule has 1 unspecified atom stereocenters. The molecule has 1 saturated heterocycles. The minimum Gasteiger partial charge on any atom is -0.386 e. The third-order valence-electron chi connectivity index (χ3n) is 7.36. The van der Waals surface area contributed by atoms with Crippen LogP contribution in [0.4, 0.5) is 10.2 Å². The largest absolute Gasteiger partial charge is 0.386 e. The number of nitrogens with one attached hydrogen (secondary N) is 2. The minimum absolute atomic E-state index is 0.0249. The number of aliphatic imine (C=N–C) groups is 1. The second kappa shape index (κ2) is 8.41. The lowest BCUT2D eigenvalue weighted by Gasteiger charge is -2.61. The van der Waals surface area contributed by atoms with E-state index in [2.05, 4.69) is 20.0 Å². The van der Waals surface area contributed by atoms with E-state index in [0.29, 0.717) is 29.3 Å². The molecule has 3 aromatic rings. The van der Waals surface area contributed by atoms with Gasteiger partial charge in [-0.05, 0) is 58.7 Å². The van der Waals surface area contributed by atoms with Crippen LogP contribution in [0, 0.1) is 12.7 Å². The van der Waals surface area contributed by atoms with Gasteiger partial charge in [-0.1, -0.05) is 22.1 Å². The summed E-state index contributed by atoms with van der Waals surface area (Å²) in [5.74, 6) is -0.690. The van der Waals surface area contributed by atoms with Gasteiger partial charge in [0.15, 0.2) is 5.69 Å². The fraction of sp³-hybridized carbons (Fsp3) is 0.417. The number of amidine groups is 1. The molecule has 0 radical (unpaired) electrons. The molecule has 5 N–H and O–H groups in total. The highest BCUT2D eigenvalue weighted by Crippen LogP contribution is 2.66. The molecule has 3 aromatic heterocycles. The Morgan fingerprint density at radius 2 is 2.08 bits per heavy atom. The summed E-state index contributed by atoms with van der Waals surface area (Å²) in [4.78, 5) is 26.7. The van der Waals surface area contributed by atoms with Gasteiger partial charge in [-0.25, -0.2) is 14.4 Å². The highest BCUT2D eigenvalue weighted by molar-refractivity contribution is 8.29. The van der Waals surface area contributed by atoms with Gasteiger partial charge in [0, 0.05) is 23.8 Å². The summed E-state index contributed by atoms with van der Waals surface area (Å²) in [5, 5.41) is 2.82. The Bertz CT molecular complexity index is 1430. The molecular formula is C24H29ClFN7O2S. The smallest absolute Gasteiger partial charge is 0.277 e. The number of pyridine rings is 2. The first-order chi connectivity index (χ1) is 16.9. The van der Waals surface area contributed by atoms with Crippen molar-refractivity contribution >= 4 is 45.3 Å². The van der Waals surface area contributed by atoms with E-state index in [4.69, 9.17) is 22.3 Å². The molecule has 9 nitrogen and oxygen atoms in total. The van der Waals surface area contributed by atoms with Crippen LogP contribution >= 0.6 is 22.1 Å². The Kier molecular flexibility index (Phi) is 5.82. The zero-order valence-corrected chi connectivity index (χ0v) is 22.0. The van der Waals surface area contributed by atoms with Gasteiger partial charge in [-0.2, -0.15) is 0 Å². The average Bonchev–Trinajstić information content (AvgIpc) is 3.15. The summed E-state index contributed by atoms with van der Waals surface area (Å²) in [7, 11) is -2.51. The van der Waals surface area contributed by atoms with E-state index in [1.54, 1.807) is 36.6 Å². The molecule has 0 bridgehead atoms. The summed E-state index contributed by atoms with van der Waals surface area (Å²) >= 11 is 6.06. The molecule has 1 fully saturated rings. The number of amides is 1. The van der Waals surface area contributed by atoms with Crippen molar-refractivity contribution in [2.75, 3.05) is 11.9 Å². The van der Waals surface area contributed by atoms with E-state index in [1.807, 2.05) is 13.8 Å². The minimum atomic E-state index is -2.51. The van der Waals surface area contributed by atoms with Gasteiger partial charge in [0.25, 0.3) is 5.91 Å². The molecule has 0 aromatic carbocycles. The fourth-order valence-corrected chi connectivity index (χ4v) is 8.74. The fourth-order valence-electron chi connectivity index (χ4n) is 5.16. The second-order valence-corrected chi connectivity index (χ2v) is 13.5. The molecule has 5 rings (SSSR count). The lowest BCUT2D eigenvalue weighted by atomic mass is 9.89. The summed E-state index contributed by atoms with van der Waals surface area (Å²) < 4.78 is 31.4. The molecule has 36 heavy (non-hydrogen) atoms. The van der Waals surface area contributed by atoms with E-state index in [0.717, 1.165) is 6.42 Å². The molecular weight excluding hydrogens is 505 g/mol. The van der Waals surface area contributed by atoms with Gasteiger partial charge >= 0.3 is 0 Å². The van der Waals surface area contributed by atoms with Crippen LogP contribution in [0.2, 0.25) is 5.02 Å². The number of nitrogens with two attached hydrogens (primary N) is 1. The van der Waals surface area contributed by atoms with Gasteiger partial charge in [0.05, 0.1) is 15.7 Å². The van der Waals surface area contributed by atoms with Gasteiger partial charge in [0.1, 0.15) is 34.4 Å². The first kappa shape index (κ1) is 24.9. The molecule has 0 spiro atoms. The Morgan fingerprint density at radius 3 is 2.83 bits per heavy atom. The molecule has 12 heteroatoms. The number of carbonyl (C=O) groups excluding carboxylic acids is 1. The summed E-state index contributed by atoms with van der Waals surface area (Å²) in [6.45, 7) is 7.88. The van der Waals surface area contributed by atoms with Gasteiger partial charge in [0.2, 0.25) is 0 Å². The number of imidazole rings is 1. The number of hydrogen-bond donors (Lipinski definition) is 4. The first-order valence-corrected chi connectivity index (χ1v) is 13.7. The van der Waals surface area contributed by atoms with Gasteiger partial charge < -0.3 is 20.0 Å². The predicted molar refractivity (Wildman–Crippen MR) is 141 cm³/mol. The predicted octanol–water partition coefficient (Wildman–Crippen LogP) is 4.39. The molecule has 3 atom stereocenters.